The lowest BCUT2D eigenvalue weighted by Gasteiger charge is -2.19. The summed E-state index contributed by atoms with van der Waals surface area (Å²) < 4.78 is 36.8. The molecule has 0 radical (unpaired) electrons. The van der Waals surface area contributed by atoms with E-state index in [0.29, 0.717) is 17.3 Å². The molecule has 0 saturated heterocycles. The zero-order chi connectivity index (χ0) is 15.2. The molecule has 1 unspecified atom stereocenters. The lowest BCUT2D eigenvalue weighted by molar-refractivity contribution is 0.503. The molecule has 1 rings (SSSR count). The Morgan fingerprint density at radius 3 is 2.60 bits per heavy atom. The van der Waals surface area contributed by atoms with Gasteiger partial charge in [0.25, 0.3) is 0 Å². The highest BCUT2D eigenvalue weighted by Crippen LogP contribution is 2.27. The van der Waals surface area contributed by atoms with Crippen molar-refractivity contribution < 1.29 is 12.8 Å². The molecule has 0 saturated carbocycles. The van der Waals surface area contributed by atoms with Gasteiger partial charge in [-0.25, -0.2) is 12.8 Å². The largest absolute Gasteiger partial charge is 0.310 e. The van der Waals surface area contributed by atoms with E-state index < -0.39 is 9.84 Å². The van der Waals surface area contributed by atoms with E-state index >= 15 is 0 Å². The summed E-state index contributed by atoms with van der Waals surface area (Å²) in [5.41, 5.74) is 0.960. The van der Waals surface area contributed by atoms with E-state index in [-0.39, 0.29) is 23.4 Å². The van der Waals surface area contributed by atoms with Crippen molar-refractivity contribution in [3.63, 3.8) is 0 Å². The quantitative estimate of drug-likeness (QED) is 0.767. The van der Waals surface area contributed by atoms with Crippen molar-refractivity contribution in [3.05, 3.63) is 34.1 Å². The third-order valence-corrected chi connectivity index (χ3v) is 5.65. The van der Waals surface area contributed by atoms with Crippen LogP contribution in [0.5, 0.6) is 0 Å². The SMILES string of the molecule is CCNC(CCCS(=O)(=O)CC)c1ccc(F)cc1Br. The molecule has 0 spiro atoms. The number of sulfone groups is 1. The molecule has 0 aliphatic rings. The first kappa shape index (κ1) is 17.6. The maximum Gasteiger partial charge on any atom is 0.150 e. The molecule has 20 heavy (non-hydrogen) atoms. The van der Waals surface area contributed by atoms with Crippen molar-refractivity contribution in [2.75, 3.05) is 18.1 Å². The van der Waals surface area contributed by atoms with Crippen LogP contribution >= 0.6 is 15.9 Å². The molecule has 1 N–H and O–H groups in total. The van der Waals surface area contributed by atoms with Gasteiger partial charge < -0.3 is 5.32 Å². The van der Waals surface area contributed by atoms with Gasteiger partial charge >= 0.3 is 0 Å². The standard InChI is InChI=1S/C14H21BrFNO2S/c1-3-17-14(6-5-9-20(18,19)4-2)12-8-7-11(16)10-13(12)15/h7-8,10,14,17H,3-6,9H2,1-2H3. The van der Waals surface area contributed by atoms with E-state index in [1.165, 1.54) is 12.1 Å². The van der Waals surface area contributed by atoms with Crippen LogP contribution in [0.3, 0.4) is 0 Å². The highest BCUT2D eigenvalue weighted by molar-refractivity contribution is 9.10. The van der Waals surface area contributed by atoms with Crippen molar-refractivity contribution in [2.45, 2.75) is 32.7 Å². The minimum Gasteiger partial charge on any atom is -0.310 e. The smallest absolute Gasteiger partial charge is 0.150 e. The van der Waals surface area contributed by atoms with Crippen molar-refractivity contribution >= 4 is 25.8 Å². The van der Waals surface area contributed by atoms with Gasteiger partial charge in [-0.15, -0.1) is 0 Å². The normalized spacial score (nSPS) is 13.4. The molecule has 0 amide bonds. The highest BCUT2D eigenvalue weighted by atomic mass is 79.9. The lowest BCUT2D eigenvalue weighted by atomic mass is 10.0. The molecule has 0 aliphatic carbocycles. The van der Waals surface area contributed by atoms with E-state index in [1.54, 1.807) is 13.0 Å². The van der Waals surface area contributed by atoms with Crippen LogP contribution in [0.25, 0.3) is 0 Å². The first-order chi connectivity index (χ1) is 9.39. The molecule has 3 nitrogen and oxygen atoms in total. The van der Waals surface area contributed by atoms with Gasteiger partial charge in [-0.2, -0.15) is 0 Å². The number of benzene rings is 1. The van der Waals surface area contributed by atoms with E-state index in [2.05, 4.69) is 21.2 Å². The molecule has 0 aromatic heterocycles. The van der Waals surface area contributed by atoms with Crippen molar-refractivity contribution in [1.29, 1.82) is 0 Å². The predicted molar refractivity (Wildman–Crippen MR) is 84.1 cm³/mol. The van der Waals surface area contributed by atoms with Crippen LogP contribution in [0.1, 0.15) is 38.3 Å². The van der Waals surface area contributed by atoms with Crippen LogP contribution in [0, 0.1) is 5.82 Å². The summed E-state index contributed by atoms with van der Waals surface area (Å²) in [6.07, 6.45) is 1.30. The number of nitrogens with one attached hydrogen (secondary N) is 1. The second kappa shape index (κ2) is 8.10. The molecular weight excluding hydrogens is 345 g/mol. The Morgan fingerprint density at radius 1 is 1.35 bits per heavy atom. The van der Waals surface area contributed by atoms with Gasteiger partial charge in [0, 0.05) is 16.3 Å². The molecular formula is C14H21BrFNO2S. The Morgan fingerprint density at radius 2 is 2.05 bits per heavy atom. The maximum absolute atomic E-state index is 13.1. The topological polar surface area (TPSA) is 46.2 Å². The molecule has 0 heterocycles. The minimum absolute atomic E-state index is 0.0297. The molecule has 1 atom stereocenters. The summed E-state index contributed by atoms with van der Waals surface area (Å²) >= 11 is 3.36. The Bertz CT molecular complexity index is 534. The molecule has 114 valence electrons. The van der Waals surface area contributed by atoms with Crippen molar-refractivity contribution in [1.82, 2.24) is 5.32 Å². The van der Waals surface area contributed by atoms with Crippen LogP contribution in [0.15, 0.2) is 22.7 Å². The molecule has 0 bridgehead atoms. The summed E-state index contributed by atoms with van der Waals surface area (Å²) in [7, 11) is -2.93. The second-order valence-corrected chi connectivity index (χ2v) is 7.98. The molecule has 1 aromatic carbocycles. The highest BCUT2D eigenvalue weighted by Gasteiger charge is 2.15. The first-order valence-electron chi connectivity index (χ1n) is 6.78. The third-order valence-electron chi connectivity index (χ3n) is 3.18. The first-order valence-corrected chi connectivity index (χ1v) is 9.39. The summed E-state index contributed by atoms with van der Waals surface area (Å²) in [5.74, 6) is 0.0907. The Labute approximate surface area is 129 Å². The van der Waals surface area contributed by atoms with E-state index in [9.17, 15) is 12.8 Å². The molecule has 0 aliphatic heterocycles. The summed E-state index contributed by atoms with van der Waals surface area (Å²) in [6, 6.07) is 4.62. The van der Waals surface area contributed by atoms with Crippen LogP contribution in [0.2, 0.25) is 0 Å². The lowest BCUT2D eigenvalue weighted by Crippen LogP contribution is -2.22. The summed E-state index contributed by atoms with van der Waals surface area (Å²) in [6.45, 7) is 4.43. The monoisotopic (exact) mass is 365 g/mol. The summed E-state index contributed by atoms with van der Waals surface area (Å²) in [4.78, 5) is 0. The average Bonchev–Trinajstić information content (AvgIpc) is 2.38. The van der Waals surface area contributed by atoms with Gasteiger partial charge in [-0.3, -0.25) is 0 Å². The average molecular weight is 366 g/mol. The van der Waals surface area contributed by atoms with Gasteiger partial charge in [-0.05, 0) is 37.1 Å². The van der Waals surface area contributed by atoms with E-state index in [1.807, 2.05) is 6.92 Å². The van der Waals surface area contributed by atoms with Gasteiger partial charge in [0.1, 0.15) is 15.7 Å². The number of halogens is 2. The zero-order valence-corrected chi connectivity index (χ0v) is 14.2. The number of hydrogen-bond donors (Lipinski definition) is 1. The van der Waals surface area contributed by atoms with Crippen LogP contribution < -0.4 is 5.32 Å². The zero-order valence-electron chi connectivity index (χ0n) is 11.8. The third kappa shape index (κ3) is 5.50. The molecule has 0 fully saturated rings. The molecule has 1 aromatic rings. The van der Waals surface area contributed by atoms with Crippen molar-refractivity contribution in [2.24, 2.45) is 0 Å². The fraction of sp³-hybridized carbons (Fsp3) is 0.571. The van der Waals surface area contributed by atoms with Crippen molar-refractivity contribution in [3.8, 4) is 0 Å². The van der Waals surface area contributed by atoms with Crippen LogP contribution in [-0.2, 0) is 9.84 Å². The van der Waals surface area contributed by atoms with Crippen LogP contribution in [0.4, 0.5) is 4.39 Å². The Hall–Kier alpha value is -0.460. The fourth-order valence-corrected chi connectivity index (χ4v) is 3.57. The second-order valence-electron chi connectivity index (χ2n) is 4.65. The minimum atomic E-state index is -2.93. The van der Waals surface area contributed by atoms with Gasteiger partial charge in [0.2, 0.25) is 0 Å². The molecule has 6 heteroatoms. The van der Waals surface area contributed by atoms with Gasteiger partial charge in [-0.1, -0.05) is 35.8 Å². The van der Waals surface area contributed by atoms with E-state index in [4.69, 9.17) is 0 Å². The Balaban J connectivity index is 2.74. The van der Waals surface area contributed by atoms with E-state index in [0.717, 1.165) is 12.1 Å². The number of rotatable bonds is 8. The number of hydrogen-bond acceptors (Lipinski definition) is 3. The predicted octanol–water partition coefficient (Wildman–Crippen LogP) is 3.45. The van der Waals surface area contributed by atoms with Gasteiger partial charge in [0.15, 0.2) is 0 Å². The Kier molecular flexibility index (Phi) is 7.12. The van der Waals surface area contributed by atoms with Crippen LogP contribution in [-0.4, -0.2) is 26.5 Å². The maximum atomic E-state index is 13.1. The fourth-order valence-electron chi connectivity index (χ4n) is 2.05. The van der Waals surface area contributed by atoms with Gasteiger partial charge in [0.05, 0.1) is 5.75 Å². The summed E-state index contributed by atoms with van der Waals surface area (Å²) in [5, 5.41) is 3.32.